The number of nitrogens with zero attached hydrogens (tertiary/aromatic N) is 4. The highest BCUT2D eigenvalue weighted by Crippen LogP contribution is 2.35. The van der Waals surface area contributed by atoms with Crippen LogP contribution in [0, 0.1) is 0 Å². The molecule has 0 radical (unpaired) electrons. The molecule has 1 saturated heterocycles. The number of piperidine rings is 1. The largest absolute Gasteiger partial charge is 0.463 e. The first-order chi connectivity index (χ1) is 17.2. The molecule has 4 aromatic rings. The third kappa shape index (κ3) is 4.23. The SMILES string of the molecule is O=C(Cn1nc(-c2ccco2)c2sc(N3CCCCC3)nc2c1=O)NCc1ccc2c(c1)OCO2. The Morgan fingerprint density at radius 1 is 1.11 bits per heavy atom. The maximum atomic E-state index is 13.3. The van der Waals surface area contributed by atoms with Crippen LogP contribution < -0.4 is 25.2 Å². The Bertz CT molecular complexity index is 1440. The summed E-state index contributed by atoms with van der Waals surface area (Å²) in [4.78, 5) is 32.9. The van der Waals surface area contributed by atoms with Gasteiger partial charge in [-0.25, -0.2) is 9.67 Å². The highest BCUT2D eigenvalue weighted by Gasteiger charge is 2.23. The quantitative estimate of drug-likeness (QED) is 0.436. The molecule has 2 aliphatic rings. The minimum absolute atomic E-state index is 0.191. The molecule has 3 aromatic heterocycles. The Hall–Kier alpha value is -3.86. The number of carbonyl (C=O) groups excluding carboxylic acids is 1. The van der Waals surface area contributed by atoms with Crippen molar-refractivity contribution in [2.45, 2.75) is 32.4 Å². The molecule has 1 amide bonds. The van der Waals surface area contributed by atoms with Crippen molar-refractivity contribution < 1.29 is 18.7 Å². The number of nitrogens with one attached hydrogen (secondary N) is 1. The molecule has 0 atom stereocenters. The van der Waals surface area contributed by atoms with Gasteiger partial charge in [0.15, 0.2) is 27.9 Å². The first-order valence-corrected chi connectivity index (χ1v) is 12.3. The molecule has 1 fully saturated rings. The molecule has 1 N–H and O–H groups in total. The summed E-state index contributed by atoms with van der Waals surface area (Å²) in [6.45, 7) is 2.08. The molecule has 0 bridgehead atoms. The van der Waals surface area contributed by atoms with Gasteiger partial charge in [0.05, 0.1) is 11.0 Å². The Morgan fingerprint density at radius 2 is 1.97 bits per heavy atom. The van der Waals surface area contributed by atoms with E-state index in [9.17, 15) is 9.59 Å². The molecule has 0 unspecified atom stereocenters. The highest BCUT2D eigenvalue weighted by molar-refractivity contribution is 7.22. The van der Waals surface area contributed by atoms with Gasteiger partial charge in [-0.05, 0) is 49.1 Å². The standard InChI is InChI=1S/C24H23N5O5S/c30-19(25-12-15-6-7-16-18(11-15)34-14-33-16)13-29-23(31)21-22(20(27-29)17-5-4-10-32-17)35-24(26-21)28-8-2-1-3-9-28/h4-7,10-11H,1-3,8-9,12-14H2,(H,25,30). The van der Waals surface area contributed by atoms with Crippen molar-refractivity contribution in [3.63, 3.8) is 0 Å². The fourth-order valence-electron chi connectivity index (χ4n) is 4.29. The summed E-state index contributed by atoms with van der Waals surface area (Å²) in [5.74, 6) is 1.52. The number of aromatic nitrogens is 3. The monoisotopic (exact) mass is 493 g/mol. The number of anilines is 1. The van der Waals surface area contributed by atoms with E-state index in [1.165, 1.54) is 17.8 Å². The molecule has 5 heterocycles. The molecule has 1 aromatic carbocycles. The average Bonchev–Trinajstić information content (AvgIpc) is 3.65. The van der Waals surface area contributed by atoms with Crippen LogP contribution in [-0.2, 0) is 17.9 Å². The Kier molecular flexibility index (Phi) is 5.61. The van der Waals surface area contributed by atoms with Crippen LogP contribution in [-0.4, -0.2) is 40.6 Å². The number of carbonyl (C=O) groups is 1. The van der Waals surface area contributed by atoms with E-state index in [1.807, 2.05) is 18.2 Å². The van der Waals surface area contributed by atoms with Crippen molar-refractivity contribution in [2.24, 2.45) is 0 Å². The zero-order valence-corrected chi connectivity index (χ0v) is 19.7. The highest BCUT2D eigenvalue weighted by atomic mass is 32.1. The molecule has 35 heavy (non-hydrogen) atoms. The van der Waals surface area contributed by atoms with E-state index in [4.69, 9.17) is 13.9 Å². The Labute approximate surface area is 204 Å². The molecule has 0 aliphatic carbocycles. The van der Waals surface area contributed by atoms with Gasteiger partial charge in [0.2, 0.25) is 12.7 Å². The van der Waals surface area contributed by atoms with Gasteiger partial charge in [-0.1, -0.05) is 17.4 Å². The number of hydrogen-bond acceptors (Lipinski definition) is 9. The van der Waals surface area contributed by atoms with Gasteiger partial charge >= 0.3 is 0 Å². The van der Waals surface area contributed by atoms with Crippen LogP contribution in [0.15, 0.2) is 45.8 Å². The van der Waals surface area contributed by atoms with Crippen LogP contribution in [0.3, 0.4) is 0 Å². The van der Waals surface area contributed by atoms with E-state index in [0.717, 1.165) is 41.3 Å². The van der Waals surface area contributed by atoms with Crippen molar-refractivity contribution in [3.8, 4) is 23.0 Å². The van der Waals surface area contributed by atoms with Crippen LogP contribution in [0.25, 0.3) is 21.7 Å². The summed E-state index contributed by atoms with van der Waals surface area (Å²) in [6.07, 6.45) is 4.97. The molecular formula is C24H23N5O5S. The lowest BCUT2D eigenvalue weighted by Gasteiger charge is -2.25. The van der Waals surface area contributed by atoms with Crippen LogP contribution in [0.4, 0.5) is 5.13 Å². The predicted molar refractivity (Wildman–Crippen MR) is 130 cm³/mol. The van der Waals surface area contributed by atoms with Crippen molar-refractivity contribution in [3.05, 3.63) is 52.5 Å². The van der Waals surface area contributed by atoms with E-state index < -0.39 is 5.56 Å². The van der Waals surface area contributed by atoms with Gasteiger partial charge in [0.1, 0.15) is 12.2 Å². The van der Waals surface area contributed by atoms with Crippen LogP contribution >= 0.6 is 11.3 Å². The number of amides is 1. The summed E-state index contributed by atoms with van der Waals surface area (Å²) >= 11 is 1.44. The van der Waals surface area contributed by atoms with Gasteiger partial charge in [-0.3, -0.25) is 9.59 Å². The number of rotatable bonds is 6. The molecule has 6 rings (SSSR count). The maximum Gasteiger partial charge on any atom is 0.294 e. The van der Waals surface area contributed by atoms with E-state index in [1.54, 1.807) is 18.4 Å². The lowest BCUT2D eigenvalue weighted by molar-refractivity contribution is -0.122. The van der Waals surface area contributed by atoms with Gasteiger partial charge < -0.3 is 24.1 Å². The lowest BCUT2D eigenvalue weighted by atomic mass is 10.1. The minimum atomic E-state index is -0.395. The molecular weight excluding hydrogens is 470 g/mol. The second kappa shape index (κ2) is 9.06. The fourth-order valence-corrected chi connectivity index (χ4v) is 5.39. The Morgan fingerprint density at radius 3 is 2.80 bits per heavy atom. The summed E-state index contributed by atoms with van der Waals surface area (Å²) in [6, 6.07) is 9.04. The van der Waals surface area contributed by atoms with Gasteiger partial charge in [-0.2, -0.15) is 5.10 Å². The van der Waals surface area contributed by atoms with Gasteiger partial charge in [-0.15, -0.1) is 0 Å². The molecule has 2 aliphatic heterocycles. The van der Waals surface area contributed by atoms with Crippen LogP contribution in [0.2, 0.25) is 0 Å². The van der Waals surface area contributed by atoms with Crippen LogP contribution in [0.1, 0.15) is 24.8 Å². The second-order valence-corrected chi connectivity index (χ2v) is 9.45. The van der Waals surface area contributed by atoms with Gasteiger partial charge in [0, 0.05) is 19.6 Å². The fraction of sp³-hybridized carbons (Fsp3) is 0.333. The van der Waals surface area contributed by atoms with E-state index in [-0.39, 0.29) is 25.8 Å². The van der Waals surface area contributed by atoms with Crippen molar-refractivity contribution >= 4 is 32.6 Å². The molecule has 10 nitrogen and oxygen atoms in total. The van der Waals surface area contributed by atoms with E-state index in [0.29, 0.717) is 33.2 Å². The summed E-state index contributed by atoms with van der Waals surface area (Å²) in [7, 11) is 0. The van der Waals surface area contributed by atoms with Crippen molar-refractivity contribution in [1.82, 2.24) is 20.1 Å². The van der Waals surface area contributed by atoms with Crippen molar-refractivity contribution in [1.29, 1.82) is 0 Å². The normalized spacial score (nSPS) is 15.0. The number of thiazole rings is 1. The van der Waals surface area contributed by atoms with E-state index in [2.05, 4.69) is 20.3 Å². The third-order valence-electron chi connectivity index (χ3n) is 6.09. The molecule has 0 spiro atoms. The topological polar surface area (TPSA) is 112 Å². The average molecular weight is 494 g/mol. The molecule has 11 heteroatoms. The summed E-state index contributed by atoms with van der Waals surface area (Å²) < 4.78 is 18.1. The first-order valence-electron chi connectivity index (χ1n) is 11.5. The second-order valence-electron chi connectivity index (χ2n) is 8.47. The number of furan rings is 1. The predicted octanol–water partition coefficient (Wildman–Crippen LogP) is 3.15. The van der Waals surface area contributed by atoms with Crippen molar-refractivity contribution in [2.75, 3.05) is 24.8 Å². The summed E-state index contributed by atoms with van der Waals surface area (Å²) in [5.41, 5.74) is 1.28. The third-order valence-corrected chi connectivity index (χ3v) is 7.21. The molecule has 0 saturated carbocycles. The lowest BCUT2D eigenvalue weighted by Crippen LogP contribution is -2.33. The Balaban J connectivity index is 1.27. The van der Waals surface area contributed by atoms with Crippen LogP contribution in [0.5, 0.6) is 11.5 Å². The zero-order chi connectivity index (χ0) is 23.8. The number of hydrogen-bond donors (Lipinski definition) is 1. The number of fused-ring (bicyclic) bond motifs is 2. The first kappa shape index (κ1) is 21.7. The summed E-state index contributed by atoms with van der Waals surface area (Å²) in [5, 5.41) is 8.15. The smallest absolute Gasteiger partial charge is 0.294 e. The maximum absolute atomic E-state index is 13.3. The number of benzene rings is 1. The minimum Gasteiger partial charge on any atom is -0.463 e. The molecule has 180 valence electrons. The number of ether oxygens (including phenoxy) is 2. The van der Waals surface area contributed by atoms with Gasteiger partial charge in [0.25, 0.3) is 5.56 Å². The zero-order valence-electron chi connectivity index (χ0n) is 18.9. The van der Waals surface area contributed by atoms with E-state index >= 15 is 0 Å².